The van der Waals surface area contributed by atoms with E-state index in [1.165, 1.54) is 12.0 Å². The maximum absolute atomic E-state index is 14.5. The van der Waals surface area contributed by atoms with Gasteiger partial charge in [0.1, 0.15) is 17.7 Å². The van der Waals surface area contributed by atoms with Gasteiger partial charge in [0, 0.05) is 43.6 Å². The Morgan fingerprint density at radius 1 is 1.23 bits per heavy atom. The second-order valence-corrected chi connectivity index (χ2v) is 14.6. The minimum atomic E-state index is -1.29. The molecule has 0 aliphatic carbocycles. The number of hydrogen-bond acceptors (Lipinski definition) is 8. The van der Waals surface area contributed by atoms with Crippen LogP contribution in [-0.4, -0.2) is 106 Å². The molecule has 2 bridgehead atoms. The van der Waals surface area contributed by atoms with E-state index in [2.05, 4.69) is 34.4 Å². The minimum Gasteiger partial charge on any atom is -0.455 e. The fourth-order valence-corrected chi connectivity index (χ4v) is 8.20. The Bertz CT molecular complexity index is 1320. The number of halogens is 1. The van der Waals surface area contributed by atoms with Gasteiger partial charge in [0.25, 0.3) is 0 Å². The van der Waals surface area contributed by atoms with Crippen LogP contribution in [0.2, 0.25) is 0 Å². The molecule has 0 saturated carbocycles. The summed E-state index contributed by atoms with van der Waals surface area (Å²) >= 11 is 3.70. The van der Waals surface area contributed by atoms with Crippen molar-refractivity contribution < 1.29 is 38.5 Å². The van der Waals surface area contributed by atoms with Gasteiger partial charge in [-0.15, -0.1) is 13.2 Å². The van der Waals surface area contributed by atoms with Crippen LogP contribution in [0.1, 0.15) is 58.1 Å². The molecule has 4 rings (SSSR count). The summed E-state index contributed by atoms with van der Waals surface area (Å²) < 4.78 is 18.4. The smallest absolute Gasteiger partial charge is 0.313 e. The molecule has 2 N–H and O–H groups in total. The number of methoxy groups -OCH3 is 1. The number of alkyl halides is 1. The van der Waals surface area contributed by atoms with E-state index in [1.807, 2.05) is 39.0 Å². The Morgan fingerprint density at radius 2 is 1.94 bits per heavy atom. The van der Waals surface area contributed by atoms with E-state index < -0.39 is 53.2 Å². The van der Waals surface area contributed by atoms with Crippen molar-refractivity contribution in [2.24, 2.45) is 11.8 Å². The van der Waals surface area contributed by atoms with E-state index in [-0.39, 0.29) is 61.7 Å². The number of hydrogen-bond donors (Lipinski definition) is 2. The highest BCUT2D eigenvalue weighted by Gasteiger charge is 2.77. The second kappa shape index (κ2) is 15.4. The third-order valence-corrected chi connectivity index (χ3v) is 10.1. The topological polar surface area (TPSA) is 135 Å². The molecular weight excluding hydrogens is 670 g/mol. The summed E-state index contributed by atoms with van der Waals surface area (Å²) in [6, 6.07) is 7.31. The van der Waals surface area contributed by atoms with Crippen LogP contribution >= 0.6 is 15.9 Å². The number of amides is 3. The molecule has 3 amide bonds. The Labute approximate surface area is 285 Å². The number of aliphatic hydroxyl groups excluding tert-OH is 1. The van der Waals surface area contributed by atoms with Crippen molar-refractivity contribution in [2.45, 2.75) is 86.7 Å². The molecule has 258 valence electrons. The standard InChI is InChI=1S/C35H48BrN3O8/c1-7-9-16-25(41)37-24(21-45-6)28(22-14-11-10-12-15-22)46-33(44)26-27-31(42)38(18-13-19-40)30(35(27)20-23(36)29(26)47-35)32(43)39(17-8-2)34(3,4)5/h7-8,10-12,14-15,23-24,26-30,40H,1-2,9,13,16-21H2,3-6H3,(H,37,41)/t23?,24-,26-,27+,28-,29-,30-,35+/m0/s1. The molecule has 1 spiro atoms. The molecule has 0 radical (unpaired) electrons. The molecule has 3 aliphatic heterocycles. The van der Waals surface area contributed by atoms with E-state index in [1.54, 1.807) is 29.2 Å². The minimum absolute atomic E-state index is 0.0576. The van der Waals surface area contributed by atoms with Crippen LogP contribution in [0.3, 0.4) is 0 Å². The molecule has 3 heterocycles. The molecule has 47 heavy (non-hydrogen) atoms. The summed E-state index contributed by atoms with van der Waals surface area (Å²) in [5.74, 6) is -3.60. The van der Waals surface area contributed by atoms with Gasteiger partial charge in [0.15, 0.2) is 0 Å². The van der Waals surface area contributed by atoms with Gasteiger partial charge in [-0.2, -0.15) is 0 Å². The van der Waals surface area contributed by atoms with Crippen LogP contribution < -0.4 is 5.32 Å². The average molecular weight is 719 g/mol. The predicted octanol–water partition coefficient (Wildman–Crippen LogP) is 3.31. The molecule has 1 aromatic rings. The monoisotopic (exact) mass is 717 g/mol. The number of carbonyl (C=O) groups is 4. The number of aliphatic hydroxyl groups is 1. The lowest BCUT2D eigenvalue weighted by Gasteiger charge is -2.42. The Balaban J connectivity index is 1.73. The first-order chi connectivity index (χ1) is 22.4. The predicted molar refractivity (Wildman–Crippen MR) is 179 cm³/mol. The number of ether oxygens (including phenoxy) is 3. The summed E-state index contributed by atoms with van der Waals surface area (Å²) in [6.07, 6.45) is 2.91. The van der Waals surface area contributed by atoms with Gasteiger partial charge < -0.3 is 34.4 Å². The molecule has 3 saturated heterocycles. The fraction of sp³-hybridized carbons (Fsp3) is 0.600. The van der Waals surface area contributed by atoms with Crippen molar-refractivity contribution in [1.82, 2.24) is 15.1 Å². The molecule has 11 nitrogen and oxygen atoms in total. The van der Waals surface area contributed by atoms with Gasteiger partial charge in [-0.05, 0) is 45.6 Å². The molecule has 3 fully saturated rings. The highest BCUT2D eigenvalue weighted by molar-refractivity contribution is 9.09. The van der Waals surface area contributed by atoms with Crippen LogP contribution in [0.25, 0.3) is 0 Å². The van der Waals surface area contributed by atoms with Gasteiger partial charge in [-0.25, -0.2) is 0 Å². The van der Waals surface area contributed by atoms with Crippen molar-refractivity contribution >= 4 is 39.6 Å². The van der Waals surface area contributed by atoms with Gasteiger partial charge in [-0.3, -0.25) is 19.2 Å². The maximum atomic E-state index is 14.5. The largest absolute Gasteiger partial charge is 0.455 e. The van der Waals surface area contributed by atoms with Crippen molar-refractivity contribution in [3.63, 3.8) is 0 Å². The zero-order valence-electron chi connectivity index (χ0n) is 27.7. The number of esters is 1. The molecule has 8 atom stereocenters. The summed E-state index contributed by atoms with van der Waals surface area (Å²) in [5, 5.41) is 12.6. The second-order valence-electron chi connectivity index (χ2n) is 13.4. The normalized spacial score (nSPS) is 27.6. The first-order valence-corrected chi connectivity index (χ1v) is 17.1. The zero-order valence-corrected chi connectivity index (χ0v) is 29.3. The number of nitrogens with zero attached hydrogens (tertiary/aromatic N) is 2. The lowest BCUT2D eigenvalue weighted by Crippen LogP contribution is -2.60. The van der Waals surface area contributed by atoms with E-state index in [9.17, 15) is 24.3 Å². The molecular formula is C35H48BrN3O8. The van der Waals surface area contributed by atoms with Crippen molar-refractivity contribution in [3.8, 4) is 0 Å². The van der Waals surface area contributed by atoms with Gasteiger partial charge in [-0.1, -0.05) is 58.4 Å². The van der Waals surface area contributed by atoms with E-state index >= 15 is 0 Å². The highest BCUT2D eigenvalue weighted by atomic mass is 79.9. The number of carbonyl (C=O) groups excluding carboxylic acids is 4. The van der Waals surface area contributed by atoms with Gasteiger partial charge >= 0.3 is 5.97 Å². The van der Waals surface area contributed by atoms with Crippen LogP contribution in [0.4, 0.5) is 0 Å². The van der Waals surface area contributed by atoms with Crippen LogP contribution in [0.5, 0.6) is 0 Å². The lowest BCUT2D eigenvalue weighted by atomic mass is 9.70. The molecule has 12 heteroatoms. The molecule has 3 aliphatic rings. The summed E-state index contributed by atoms with van der Waals surface area (Å²) in [5.41, 5.74) is -1.24. The van der Waals surface area contributed by atoms with E-state index in [0.29, 0.717) is 18.4 Å². The first kappa shape index (κ1) is 36.8. The van der Waals surface area contributed by atoms with Gasteiger partial charge in [0.05, 0.1) is 30.6 Å². The SMILES string of the molecule is C=CCCC(=O)N[C@@H](COC)[C@@H](OC(=O)[C@@H]1[C@H]2O[C@@]3(CC2Br)[C@H](C(=O)N(CC=C)C(C)(C)C)N(CCCO)C(=O)[C@@H]13)c1ccccc1. The Kier molecular flexibility index (Phi) is 12.1. The molecule has 1 unspecified atom stereocenters. The third-order valence-electron chi connectivity index (χ3n) is 9.24. The Morgan fingerprint density at radius 3 is 2.53 bits per heavy atom. The number of likely N-dealkylation sites (tertiary alicyclic amines) is 1. The van der Waals surface area contributed by atoms with Crippen molar-refractivity contribution in [3.05, 3.63) is 61.2 Å². The number of fused-ring (bicyclic) bond motifs is 1. The maximum Gasteiger partial charge on any atom is 0.313 e. The van der Waals surface area contributed by atoms with Crippen LogP contribution in [0.15, 0.2) is 55.6 Å². The average Bonchev–Trinajstić information content (AvgIpc) is 3.62. The quantitative estimate of drug-likeness (QED) is 0.151. The first-order valence-electron chi connectivity index (χ1n) is 16.2. The fourth-order valence-electron chi connectivity index (χ4n) is 7.26. The third kappa shape index (κ3) is 7.35. The zero-order chi connectivity index (χ0) is 34.5. The Hall–Kier alpha value is -3.06. The van der Waals surface area contributed by atoms with E-state index in [0.717, 1.165) is 0 Å². The van der Waals surface area contributed by atoms with Gasteiger partial charge in [0.2, 0.25) is 17.7 Å². The lowest BCUT2D eigenvalue weighted by molar-refractivity contribution is -0.163. The number of rotatable bonds is 16. The molecule has 0 aromatic heterocycles. The van der Waals surface area contributed by atoms with E-state index in [4.69, 9.17) is 14.2 Å². The van der Waals surface area contributed by atoms with Crippen molar-refractivity contribution in [2.75, 3.05) is 33.4 Å². The number of allylic oxidation sites excluding steroid dienone is 1. The highest BCUT2D eigenvalue weighted by Crippen LogP contribution is 2.60. The molecule has 1 aromatic carbocycles. The summed E-state index contributed by atoms with van der Waals surface area (Å²) in [4.78, 5) is 58.8. The van der Waals surface area contributed by atoms with Crippen molar-refractivity contribution in [1.29, 1.82) is 0 Å². The van der Waals surface area contributed by atoms with Crippen LogP contribution in [0, 0.1) is 11.8 Å². The van der Waals surface area contributed by atoms with Crippen LogP contribution in [-0.2, 0) is 33.4 Å². The summed E-state index contributed by atoms with van der Waals surface area (Å²) in [7, 11) is 1.50. The number of nitrogens with one attached hydrogen (secondary N) is 1. The number of benzene rings is 1. The summed E-state index contributed by atoms with van der Waals surface area (Å²) in [6.45, 7) is 13.5.